The average molecular weight is 262 g/mol. The molecular formula is C15H18O2S. The van der Waals surface area contributed by atoms with E-state index in [4.69, 9.17) is 4.74 Å². The fraction of sp³-hybridized carbons (Fsp3) is 0.467. The predicted molar refractivity (Wildman–Crippen MR) is 75.1 cm³/mol. The van der Waals surface area contributed by atoms with Gasteiger partial charge in [0.25, 0.3) is 0 Å². The Labute approximate surface area is 111 Å². The lowest BCUT2D eigenvalue weighted by Gasteiger charge is -2.25. The third-order valence-corrected chi connectivity index (χ3v) is 4.74. The van der Waals surface area contributed by atoms with Crippen LogP contribution in [0.15, 0.2) is 29.6 Å². The highest BCUT2D eigenvalue weighted by atomic mass is 32.1. The van der Waals surface area contributed by atoms with Crippen molar-refractivity contribution in [2.24, 2.45) is 0 Å². The number of rotatable bonds is 2. The van der Waals surface area contributed by atoms with Gasteiger partial charge >= 0.3 is 0 Å². The first-order valence-corrected chi connectivity index (χ1v) is 7.40. The van der Waals surface area contributed by atoms with Gasteiger partial charge in [0.05, 0.1) is 5.60 Å². The third kappa shape index (κ3) is 2.44. The normalized spacial score (nSPS) is 25.2. The summed E-state index contributed by atoms with van der Waals surface area (Å²) in [7, 11) is 0. The van der Waals surface area contributed by atoms with Gasteiger partial charge in [0.1, 0.15) is 0 Å². The van der Waals surface area contributed by atoms with Gasteiger partial charge in [0, 0.05) is 24.3 Å². The van der Waals surface area contributed by atoms with E-state index < -0.39 is 5.60 Å². The Kier molecular flexibility index (Phi) is 3.37. The Bertz CT molecular complexity index is 524. The van der Waals surface area contributed by atoms with Crippen molar-refractivity contribution < 1.29 is 9.84 Å². The van der Waals surface area contributed by atoms with Crippen molar-refractivity contribution in [2.75, 3.05) is 13.2 Å². The Balaban J connectivity index is 1.86. The van der Waals surface area contributed by atoms with Crippen LogP contribution < -0.4 is 0 Å². The number of benzene rings is 1. The van der Waals surface area contributed by atoms with E-state index in [1.807, 2.05) is 0 Å². The first-order chi connectivity index (χ1) is 8.77. The molecule has 1 unspecified atom stereocenters. The molecule has 2 nitrogen and oxygen atoms in total. The van der Waals surface area contributed by atoms with Crippen LogP contribution in [-0.4, -0.2) is 23.9 Å². The Morgan fingerprint density at radius 3 is 3.06 bits per heavy atom. The molecule has 1 saturated heterocycles. The van der Waals surface area contributed by atoms with Crippen molar-refractivity contribution in [2.45, 2.75) is 31.3 Å². The lowest BCUT2D eigenvalue weighted by atomic mass is 9.88. The van der Waals surface area contributed by atoms with Crippen molar-refractivity contribution in [1.29, 1.82) is 0 Å². The number of aliphatic hydroxyl groups is 1. The zero-order valence-corrected chi connectivity index (χ0v) is 11.2. The van der Waals surface area contributed by atoms with Crippen LogP contribution in [0.1, 0.15) is 24.8 Å². The summed E-state index contributed by atoms with van der Waals surface area (Å²) in [5, 5.41) is 14.2. The molecule has 0 bridgehead atoms. The predicted octanol–water partition coefficient (Wildman–Crippen LogP) is 3.38. The van der Waals surface area contributed by atoms with E-state index in [9.17, 15) is 5.11 Å². The molecule has 18 heavy (non-hydrogen) atoms. The zero-order chi connectivity index (χ0) is 12.4. The molecule has 3 rings (SSSR count). The van der Waals surface area contributed by atoms with Gasteiger partial charge in [-0.25, -0.2) is 0 Å². The van der Waals surface area contributed by atoms with Crippen LogP contribution in [-0.2, 0) is 11.2 Å². The molecule has 1 aliphatic heterocycles. The summed E-state index contributed by atoms with van der Waals surface area (Å²) in [6.45, 7) is 1.46. The maximum absolute atomic E-state index is 10.7. The summed E-state index contributed by atoms with van der Waals surface area (Å²) >= 11 is 1.76. The minimum Gasteiger partial charge on any atom is -0.389 e. The smallest absolute Gasteiger partial charge is 0.0711 e. The molecule has 1 aromatic carbocycles. The van der Waals surface area contributed by atoms with Crippen LogP contribution in [0, 0.1) is 0 Å². The average Bonchev–Trinajstić information content (AvgIpc) is 2.64. The largest absolute Gasteiger partial charge is 0.389 e. The first-order valence-electron chi connectivity index (χ1n) is 6.52. The fourth-order valence-electron chi connectivity index (χ4n) is 2.69. The highest BCUT2D eigenvalue weighted by molar-refractivity contribution is 7.17. The first kappa shape index (κ1) is 12.2. The molecule has 1 N–H and O–H groups in total. The SMILES string of the molecule is OC1(Cc2csc3ccccc23)CCCOCC1. The van der Waals surface area contributed by atoms with E-state index in [-0.39, 0.29) is 0 Å². The van der Waals surface area contributed by atoms with Crippen molar-refractivity contribution >= 4 is 21.4 Å². The third-order valence-electron chi connectivity index (χ3n) is 3.72. The highest BCUT2D eigenvalue weighted by Crippen LogP contribution is 2.32. The quantitative estimate of drug-likeness (QED) is 0.899. The van der Waals surface area contributed by atoms with Gasteiger partial charge in [0.15, 0.2) is 0 Å². The number of fused-ring (bicyclic) bond motifs is 1. The molecule has 1 atom stereocenters. The Morgan fingerprint density at radius 1 is 1.22 bits per heavy atom. The number of thiophene rings is 1. The Morgan fingerprint density at radius 2 is 2.11 bits per heavy atom. The van der Waals surface area contributed by atoms with Crippen molar-refractivity contribution in [3.63, 3.8) is 0 Å². The van der Waals surface area contributed by atoms with Gasteiger partial charge in [-0.3, -0.25) is 0 Å². The van der Waals surface area contributed by atoms with Gasteiger partial charge in [-0.15, -0.1) is 11.3 Å². The Hall–Kier alpha value is -0.900. The monoisotopic (exact) mass is 262 g/mol. The maximum Gasteiger partial charge on any atom is 0.0711 e. The van der Waals surface area contributed by atoms with Crippen LogP contribution >= 0.6 is 11.3 Å². The van der Waals surface area contributed by atoms with Crippen LogP contribution in [0.4, 0.5) is 0 Å². The molecule has 96 valence electrons. The molecule has 2 heterocycles. The van der Waals surface area contributed by atoms with E-state index in [0.717, 1.165) is 32.3 Å². The summed E-state index contributed by atoms with van der Waals surface area (Å²) in [6.07, 6.45) is 3.30. The maximum atomic E-state index is 10.7. The number of ether oxygens (including phenoxy) is 1. The summed E-state index contributed by atoms with van der Waals surface area (Å²) in [5.41, 5.74) is 0.695. The topological polar surface area (TPSA) is 29.5 Å². The second kappa shape index (κ2) is 5.00. The fourth-order valence-corrected chi connectivity index (χ4v) is 3.66. The summed E-state index contributed by atoms with van der Waals surface area (Å²) in [5.74, 6) is 0. The van der Waals surface area contributed by atoms with Crippen LogP contribution in [0.25, 0.3) is 10.1 Å². The van der Waals surface area contributed by atoms with Gasteiger partial charge in [-0.1, -0.05) is 18.2 Å². The lowest BCUT2D eigenvalue weighted by molar-refractivity contribution is 0.0192. The van der Waals surface area contributed by atoms with E-state index in [1.165, 1.54) is 15.6 Å². The van der Waals surface area contributed by atoms with Crippen LogP contribution in [0.2, 0.25) is 0 Å². The van der Waals surface area contributed by atoms with Crippen LogP contribution in [0.5, 0.6) is 0 Å². The van der Waals surface area contributed by atoms with E-state index in [0.29, 0.717) is 6.61 Å². The molecule has 3 heteroatoms. The van der Waals surface area contributed by atoms with Gasteiger partial charge in [-0.2, -0.15) is 0 Å². The lowest BCUT2D eigenvalue weighted by Crippen LogP contribution is -2.31. The second-order valence-corrected chi connectivity index (χ2v) is 6.04. The van der Waals surface area contributed by atoms with E-state index >= 15 is 0 Å². The molecule has 2 aromatic rings. The zero-order valence-electron chi connectivity index (χ0n) is 10.4. The van der Waals surface area contributed by atoms with E-state index in [1.54, 1.807) is 11.3 Å². The molecular weight excluding hydrogens is 244 g/mol. The molecule has 1 aliphatic rings. The molecule has 1 aromatic heterocycles. The van der Waals surface area contributed by atoms with Crippen molar-refractivity contribution in [3.05, 3.63) is 35.2 Å². The van der Waals surface area contributed by atoms with Gasteiger partial charge in [-0.05, 0) is 41.7 Å². The number of hydrogen-bond donors (Lipinski definition) is 1. The van der Waals surface area contributed by atoms with E-state index in [2.05, 4.69) is 29.6 Å². The number of hydrogen-bond acceptors (Lipinski definition) is 3. The van der Waals surface area contributed by atoms with Gasteiger partial charge in [0.2, 0.25) is 0 Å². The van der Waals surface area contributed by atoms with Gasteiger partial charge < -0.3 is 9.84 Å². The summed E-state index contributed by atoms with van der Waals surface area (Å²) < 4.78 is 6.75. The molecule has 0 spiro atoms. The minimum atomic E-state index is -0.583. The molecule has 0 radical (unpaired) electrons. The standard InChI is InChI=1S/C15H18O2S/c16-15(6-3-8-17-9-7-15)10-12-11-18-14-5-2-1-4-13(12)14/h1-2,4-5,11,16H,3,6-10H2. The molecule has 1 fully saturated rings. The van der Waals surface area contributed by atoms with Crippen LogP contribution in [0.3, 0.4) is 0 Å². The minimum absolute atomic E-state index is 0.583. The highest BCUT2D eigenvalue weighted by Gasteiger charge is 2.29. The summed E-state index contributed by atoms with van der Waals surface area (Å²) in [6, 6.07) is 8.43. The van der Waals surface area contributed by atoms with Crippen molar-refractivity contribution in [1.82, 2.24) is 0 Å². The summed E-state index contributed by atoms with van der Waals surface area (Å²) in [4.78, 5) is 0. The second-order valence-electron chi connectivity index (χ2n) is 5.12. The molecule has 0 saturated carbocycles. The van der Waals surface area contributed by atoms with Crippen molar-refractivity contribution in [3.8, 4) is 0 Å². The molecule has 0 aliphatic carbocycles. The molecule has 0 amide bonds.